The highest BCUT2D eigenvalue weighted by atomic mass is 19.3. The smallest absolute Gasteiger partial charge is 0.341 e. The second-order valence-electron chi connectivity index (χ2n) is 2.48. The maximum atomic E-state index is 12.3. The minimum Gasteiger partial charge on any atom is -0.465 e. The van der Waals surface area contributed by atoms with Crippen LogP contribution in [0.5, 0.6) is 0 Å². The van der Waals surface area contributed by atoms with Gasteiger partial charge in [-0.25, -0.2) is 13.6 Å². The Morgan fingerprint density at radius 2 is 2.21 bits per heavy atom. The molecule has 0 amide bonds. The molecule has 0 atom stereocenters. The van der Waals surface area contributed by atoms with Gasteiger partial charge < -0.3 is 10.5 Å². The average molecular weight is 202 g/mol. The third-order valence-corrected chi connectivity index (χ3v) is 1.66. The van der Waals surface area contributed by atoms with Gasteiger partial charge in [-0.15, -0.1) is 0 Å². The molecule has 1 aromatic rings. The zero-order chi connectivity index (χ0) is 10.7. The molecule has 0 aliphatic heterocycles. The van der Waals surface area contributed by atoms with Gasteiger partial charge in [0, 0.05) is 12.4 Å². The maximum absolute atomic E-state index is 12.3. The Labute approximate surface area is 78.7 Å². The van der Waals surface area contributed by atoms with Crippen LogP contribution in [0.4, 0.5) is 14.5 Å². The van der Waals surface area contributed by atoms with Gasteiger partial charge in [-0.2, -0.15) is 0 Å². The summed E-state index contributed by atoms with van der Waals surface area (Å²) in [6, 6.07) is 0. The van der Waals surface area contributed by atoms with E-state index < -0.39 is 18.0 Å². The number of nitrogens with two attached hydrogens (primary N) is 1. The highest BCUT2D eigenvalue weighted by Gasteiger charge is 2.18. The van der Waals surface area contributed by atoms with Crippen LogP contribution in [0.25, 0.3) is 0 Å². The quantitative estimate of drug-likeness (QED) is 0.736. The van der Waals surface area contributed by atoms with E-state index in [0.29, 0.717) is 0 Å². The lowest BCUT2D eigenvalue weighted by atomic mass is 10.1. The number of halogens is 2. The molecular weight excluding hydrogens is 194 g/mol. The lowest BCUT2D eigenvalue weighted by Crippen LogP contribution is -2.09. The van der Waals surface area contributed by atoms with Crippen LogP contribution in [0.3, 0.4) is 0 Å². The molecule has 0 saturated carbocycles. The molecule has 0 fully saturated rings. The van der Waals surface area contributed by atoms with Crippen LogP contribution >= 0.6 is 0 Å². The molecule has 0 radical (unpaired) electrons. The Morgan fingerprint density at radius 1 is 1.57 bits per heavy atom. The third-order valence-electron chi connectivity index (χ3n) is 1.66. The highest BCUT2D eigenvalue weighted by molar-refractivity contribution is 5.95. The van der Waals surface area contributed by atoms with E-state index in [1.165, 1.54) is 0 Å². The minimum absolute atomic E-state index is 0.148. The number of alkyl halides is 2. The van der Waals surface area contributed by atoms with E-state index in [-0.39, 0.29) is 11.3 Å². The van der Waals surface area contributed by atoms with Gasteiger partial charge in [0.2, 0.25) is 0 Å². The monoisotopic (exact) mass is 202 g/mol. The highest BCUT2D eigenvalue weighted by Crippen LogP contribution is 2.26. The Bertz CT molecular complexity index is 355. The molecule has 0 aliphatic rings. The topological polar surface area (TPSA) is 65.2 Å². The first-order chi connectivity index (χ1) is 6.57. The van der Waals surface area contributed by atoms with Crippen LogP contribution in [-0.4, -0.2) is 18.1 Å². The summed E-state index contributed by atoms with van der Waals surface area (Å²) in [5.74, 6) is -0.780. The Morgan fingerprint density at radius 3 is 2.71 bits per heavy atom. The van der Waals surface area contributed by atoms with Gasteiger partial charge >= 0.3 is 5.97 Å². The fraction of sp³-hybridized carbons (Fsp3) is 0.250. The number of hydrogen-bond acceptors (Lipinski definition) is 4. The molecule has 6 heteroatoms. The van der Waals surface area contributed by atoms with Crippen molar-refractivity contribution in [1.82, 2.24) is 4.98 Å². The Hall–Kier alpha value is -1.72. The number of nitrogens with zero attached hydrogens (tertiary/aromatic N) is 1. The predicted molar refractivity (Wildman–Crippen MR) is 44.9 cm³/mol. The lowest BCUT2D eigenvalue weighted by molar-refractivity contribution is 0.0601. The summed E-state index contributed by atoms with van der Waals surface area (Å²) in [7, 11) is 1.14. The van der Waals surface area contributed by atoms with E-state index in [1.807, 2.05) is 0 Å². The largest absolute Gasteiger partial charge is 0.465 e. The molecule has 4 nitrogen and oxygen atoms in total. The maximum Gasteiger partial charge on any atom is 0.341 e. The molecule has 0 aliphatic carbocycles. The number of methoxy groups -OCH3 is 1. The van der Waals surface area contributed by atoms with Crippen molar-refractivity contribution in [3.63, 3.8) is 0 Å². The van der Waals surface area contributed by atoms with Crippen LogP contribution in [-0.2, 0) is 4.74 Å². The molecule has 0 saturated heterocycles. The molecule has 0 bridgehead atoms. The zero-order valence-electron chi connectivity index (χ0n) is 7.33. The molecule has 2 N–H and O–H groups in total. The number of aromatic nitrogens is 1. The van der Waals surface area contributed by atoms with Gasteiger partial charge in [0.05, 0.1) is 18.4 Å². The van der Waals surface area contributed by atoms with Crippen LogP contribution < -0.4 is 5.73 Å². The number of carbonyl (C=O) groups excluding carboxylic acids is 1. The number of nitrogen functional groups attached to an aromatic ring is 1. The third kappa shape index (κ3) is 1.78. The number of pyridine rings is 1. The molecule has 1 aromatic heterocycles. The van der Waals surface area contributed by atoms with Crippen molar-refractivity contribution in [3.05, 3.63) is 23.5 Å². The zero-order valence-corrected chi connectivity index (χ0v) is 7.33. The van der Waals surface area contributed by atoms with Gasteiger partial charge in [0.25, 0.3) is 6.43 Å². The van der Waals surface area contributed by atoms with Crippen LogP contribution in [0, 0.1) is 0 Å². The minimum atomic E-state index is -2.76. The molecule has 1 rings (SSSR count). The number of anilines is 1. The number of ether oxygens (including phenoxy) is 1. The molecule has 0 unspecified atom stereocenters. The molecule has 14 heavy (non-hydrogen) atoms. The first-order valence-corrected chi connectivity index (χ1v) is 3.67. The molecule has 0 spiro atoms. The van der Waals surface area contributed by atoms with Gasteiger partial charge in [-0.1, -0.05) is 0 Å². The van der Waals surface area contributed by atoms with Gasteiger partial charge in [0.1, 0.15) is 5.56 Å². The summed E-state index contributed by atoms with van der Waals surface area (Å²) >= 11 is 0. The van der Waals surface area contributed by atoms with Gasteiger partial charge in [-0.3, -0.25) is 4.98 Å². The molecule has 1 heterocycles. The molecule has 0 aromatic carbocycles. The predicted octanol–water partition coefficient (Wildman–Crippen LogP) is 1.39. The van der Waals surface area contributed by atoms with E-state index in [1.54, 1.807) is 0 Å². The van der Waals surface area contributed by atoms with E-state index in [9.17, 15) is 13.6 Å². The van der Waals surface area contributed by atoms with E-state index in [4.69, 9.17) is 5.73 Å². The van der Waals surface area contributed by atoms with Crippen LogP contribution in [0.2, 0.25) is 0 Å². The van der Waals surface area contributed by atoms with Gasteiger partial charge in [0.15, 0.2) is 0 Å². The lowest BCUT2D eigenvalue weighted by Gasteiger charge is -2.07. The van der Waals surface area contributed by atoms with Crippen LogP contribution in [0.15, 0.2) is 12.4 Å². The Kier molecular flexibility index (Phi) is 2.95. The number of hydrogen-bond donors (Lipinski definition) is 1. The molecular formula is C8H8F2N2O2. The van der Waals surface area contributed by atoms with E-state index >= 15 is 0 Å². The summed E-state index contributed by atoms with van der Waals surface area (Å²) in [5.41, 5.74) is 4.44. The number of carbonyl (C=O) groups is 1. The fourth-order valence-electron chi connectivity index (χ4n) is 0.933. The standard InChI is InChI=1S/C8H8F2N2O2/c1-14-8(13)5-3-12-2-4(6(5)11)7(9)10/h2-3,7H,1H3,(H2,11,12). The summed E-state index contributed by atoms with van der Waals surface area (Å²) < 4.78 is 29.0. The fourth-order valence-corrected chi connectivity index (χ4v) is 0.933. The first kappa shape index (κ1) is 10.4. The van der Waals surface area contributed by atoms with Crippen molar-refractivity contribution in [1.29, 1.82) is 0 Å². The van der Waals surface area contributed by atoms with Crippen LogP contribution in [0.1, 0.15) is 22.3 Å². The molecule has 76 valence electrons. The first-order valence-electron chi connectivity index (χ1n) is 3.67. The second-order valence-corrected chi connectivity index (χ2v) is 2.48. The number of rotatable bonds is 2. The van der Waals surface area contributed by atoms with Crippen molar-refractivity contribution in [2.75, 3.05) is 12.8 Å². The normalized spacial score (nSPS) is 10.3. The van der Waals surface area contributed by atoms with Crippen molar-refractivity contribution in [3.8, 4) is 0 Å². The van der Waals surface area contributed by atoms with Crippen molar-refractivity contribution in [2.45, 2.75) is 6.43 Å². The average Bonchev–Trinajstić information content (AvgIpc) is 2.16. The SMILES string of the molecule is COC(=O)c1cncc(C(F)F)c1N. The number of esters is 1. The summed E-state index contributed by atoms with van der Waals surface area (Å²) in [6.45, 7) is 0. The van der Waals surface area contributed by atoms with E-state index in [2.05, 4.69) is 9.72 Å². The second kappa shape index (κ2) is 3.99. The van der Waals surface area contributed by atoms with Crippen molar-refractivity contribution < 1.29 is 18.3 Å². The van der Waals surface area contributed by atoms with Crippen molar-refractivity contribution >= 4 is 11.7 Å². The summed E-state index contributed by atoms with van der Waals surface area (Å²) in [4.78, 5) is 14.5. The summed E-state index contributed by atoms with van der Waals surface area (Å²) in [6.07, 6.45) is -0.744. The Balaban J connectivity index is 3.20. The van der Waals surface area contributed by atoms with Crippen molar-refractivity contribution in [2.24, 2.45) is 0 Å². The summed E-state index contributed by atoms with van der Waals surface area (Å²) in [5, 5.41) is 0. The van der Waals surface area contributed by atoms with Gasteiger partial charge in [-0.05, 0) is 0 Å². The van der Waals surface area contributed by atoms with E-state index in [0.717, 1.165) is 19.5 Å².